The molecule has 0 spiro atoms. The lowest BCUT2D eigenvalue weighted by Gasteiger charge is -2.12. The predicted octanol–water partition coefficient (Wildman–Crippen LogP) is 3.63. The minimum Gasteiger partial charge on any atom is -0.505 e. The van der Waals surface area contributed by atoms with E-state index in [-0.39, 0.29) is 21.5 Å². The number of methoxy groups -OCH3 is 1. The first-order valence-corrected chi connectivity index (χ1v) is 9.99. The molecule has 2 aromatic rings. The third-order valence-corrected chi connectivity index (χ3v) is 5.50. The van der Waals surface area contributed by atoms with Crippen LogP contribution in [0.2, 0.25) is 10.0 Å². The molecule has 2 rings (SSSR count). The lowest BCUT2D eigenvalue weighted by Crippen LogP contribution is -2.26. The number of halogens is 2. The number of rotatable bonds is 8. The Morgan fingerprint density at radius 3 is 2.54 bits per heavy atom. The Morgan fingerprint density at radius 2 is 1.88 bits per heavy atom. The highest BCUT2D eigenvalue weighted by Crippen LogP contribution is 2.34. The molecule has 0 aliphatic rings. The number of hydrogen-bond donors (Lipinski definition) is 2. The number of phenolic OH excluding ortho intramolecular Hbond substituents is 1. The van der Waals surface area contributed by atoms with E-state index in [9.17, 15) is 13.5 Å². The van der Waals surface area contributed by atoms with Gasteiger partial charge in [0.15, 0.2) is 17.2 Å². The molecule has 0 bridgehead atoms. The van der Waals surface area contributed by atoms with Gasteiger partial charge >= 0.3 is 0 Å². The molecule has 9 heteroatoms. The van der Waals surface area contributed by atoms with Gasteiger partial charge in [-0.05, 0) is 43.2 Å². The summed E-state index contributed by atoms with van der Waals surface area (Å²) in [6.07, 6.45) is 0.414. The van der Waals surface area contributed by atoms with Crippen LogP contribution in [0.3, 0.4) is 0 Å². The number of hydrogen-bond acceptors (Lipinski definition) is 5. The largest absolute Gasteiger partial charge is 0.505 e. The summed E-state index contributed by atoms with van der Waals surface area (Å²) in [5.41, 5.74) is 0.862. The van der Waals surface area contributed by atoms with Gasteiger partial charge in [-0.15, -0.1) is 0 Å². The molecule has 0 heterocycles. The number of aromatic hydroxyl groups is 1. The highest BCUT2D eigenvalue weighted by molar-refractivity contribution is 7.89. The second-order valence-corrected chi connectivity index (χ2v) is 7.88. The summed E-state index contributed by atoms with van der Waals surface area (Å²) in [6.45, 7) is 2.50. The molecule has 0 radical (unpaired) electrons. The van der Waals surface area contributed by atoms with Gasteiger partial charge in [-0.1, -0.05) is 29.3 Å². The normalized spacial score (nSPS) is 11.4. The molecule has 0 aliphatic heterocycles. The summed E-state index contributed by atoms with van der Waals surface area (Å²) in [5.74, 6) is 0.663. The van der Waals surface area contributed by atoms with Crippen LogP contribution in [0, 0.1) is 0 Å². The maximum atomic E-state index is 12.4. The number of phenols is 1. The first-order valence-electron chi connectivity index (χ1n) is 7.76. The van der Waals surface area contributed by atoms with E-state index in [1.165, 1.54) is 13.2 Å². The lowest BCUT2D eigenvalue weighted by molar-refractivity contribution is 0.310. The third kappa shape index (κ3) is 4.94. The molecule has 0 fully saturated rings. The van der Waals surface area contributed by atoms with Crippen LogP contribution in [-0.4, -0.2) is 33.8 Å². The zero-order chi connectivity index (χ0) is 19.3. The zero-order valence-electron chi connectivity index (χ0n) is 14.3. The highest BCUT2D eigenvalue weighted by Gasteiger charge is 2.21. The Hall–Kier alpha value is -1.67. The van der Waals surface area contributed by atoms with Gasteiger partial charge in [0.1, 0.15) is 4.90 Å². The van der Waals surface area contributed by atoms with Crippen LogP contribution in [-0.2, 0) is 16.4 Å². The van der Waals surface area contributed by atoms with E-state index in [1.54, 1.807) is 12.1 Å². The van der Waals surface area contributed by atoms with Crippen molar-refractivity contribution in [3.05, 3.63) is 45.9 Å². The highest BCUT2D eigenvalue weighted by atomic mass is 35.5. The van der Waals surface area contributed by atoms with Crippen LogP contribution < -0.4 is 14.2 Å². The van der Waals surface area contributed by atoms with Gasteiger partial charge < -0.3 is 14.6 Å². The van der Waals surface area contributed by atoms with Crippen molar-refractivity contribution in [1.29, 1.82) is 0 Å². The molecule has 0 aliphatic carbocycles. The van der Waals surface area contributed by atoms with Crippen LogP contribution in [0.1, 0.15) is 12.5 Å². The molecule has 26 heavy (non-hydrogen) atoms. The van der Waals surface area contributed by atoms with E-state index < -0.39 is 15.8 Å². The first-order chi connectivity index (χ1) is 12.3. The molecule has 0 saturated heterocycles. The van der Waals surface area contributed by atoms with Crippen molar-refractivity contribution in [3.63, 3.8) is 0 Å². The van der Waals surface area contributed by atoms with Crippen molar-refractivity contribution < 1.29 is 23.0 Å². The molecule has 2 aromatic carbocycles. The molecule has 0 saturated carbocycles. The van der Waals surface area contributed by atoms with Gasteiger partial charge in [0.25, 0.3) is 0 Å². The lowest BCUT2D eigenvalue weighted by atomic mass is 10.1. The summed E-state index contributed by atoms with van der Waals surface area (Å²) in [6, 6.07) is 7.80. The molecular formula is C17H19Cl2NO5S. The maximum Gasteiger partial charge on any atom is 0.244 e. The van der Waals surface area contributed by atoms with Crippen LogP contribution in [0.15, 0.2) is 35.2 Å². The number of sulfonamides is 1. The van der Waals surface area contributed by atoms with Crippen molar-refractivity contribution in [2.24, 2.45) is 0 Å². The fraction of sp³-hybridized carbons (Fsp3) is 0.294. The topological polar surface area (TPSA) is 84.9 Å². The van der Waals surface area contributed by atoms with E-state index in [0.717, 1.165) is 11.6 Å². The molecule has 0 aromatic heterocycles. The third-order valence-electron chi connectivity index (χ3n) is 3.52. The van der Waals surface area contributed by atoms with Crippen molar-refractivity contribution >= 4 is 33.2 Å². The summed E-state index contributed by atoms with van der Waals surface area (Å²) >= 11 is 11.6. The SMILES string of the molecule is CCOc1ccc(CCNS(=O)(=O)c2cc(Cl)cc(Cl)c2O)cc1OC. The summed E-state index contributed by atoms with van der Waals surface area (Å²) in [4.78, 5) is -0.362. The molecular weight excluding hydrogens is 401 g/mol. The standard InChI is InChI=1S/C17H19Cl2NO5S/c1-3-25-14-5-4-11(8-15(14)24-2)6-7-20-26(22,23)16-10-12(18)9-13(19)17(16)21/h4-5,8-10,20-21H,3,6-7H2,1-2H3. The van der Waals surface area contributed by atoms with E-state index in [4.69, 9.17) is 32.7 Å². The Bertz CT molecular complexity index is 887. The van der Waals surface area contributed by atoms with Gasteiger partial charge in [-0.25, -0.2) is 13.1 Å². The molecule has 0 unspecified atom stereocenters. The van der Waals surface area contributed by atoms with Crippen molar-refractivity contribution in [2.75, 3.05) is 20.3 Å². The second kappa shape index (κ2) is 8.81. The first kappa shape index (κ1) is 20.6. The van der Waals surface area contributed by atoms with Crippen LogP contribution in [0.4, 0.5) is 0 Å². The Morgan fingerprint density at radius 1 is 1.15 bits per heavy atom. The van der Waals surface area contributed by atoms with Gasteiger partial charge in [0, 0.05) is 11.6 Å². The van der Waals surface area contributed by atoms with Gasteiger partial charge in [-0.3, -0.25) is 0 Å². The van der Waals surface area contributed by atoms with E-state index >= 15 is 0 Å². The maximum absolute atomic E-state index is 12.4. The second-order valence-electron chi connectivity index (χ2n) is 5.30. The Balaban J connectivity index is 2.10. The number of nitrogens with one attached hydrogen (secondary N) is 1. The molecule has 142 valence electrons. The molecule has 0 amide bonds. The monoisotopic (exact) mass is 419 g/mol. The van der Waals surface area contributed by atoms with E-state index in [1.807, 2.05) is 13.0 Å². The van der Waals surface area contributed by atoms with Crippen molar-refractivity contribution in [2.45, 2.75) is 18.2 Å². The van der Waals surface area contributed by atoms with Gasteiger partial charge in [-0.2, -0.15) is 0 Å². The molecule has 0 atom stereocenters. The van der Waals surface area contributed by atoms with E-state index in [2.05, 4.69) is 4.72 Å². The Labute approximate surface area is 162 Å². The van der Waals surface area contributed by atoms with Gasteiger partial charge in [0.05, 0.1) is 18.7 Å². The Kier molecular flexibility index (Phi) is 7.00. The van der Waals surface area contributed by atoms with Crippen LogP contribution in [0.5, 0.6) is 17.2 Å². The van der Waals surface area contributed by atoms with Crippen molar-refractivity contribution in [3.8, 4) is 17.2 Å². The summed E-state index contributed by atoms with van der Waals surface area (Å²) in [7, 11) is -2.43. The van der Waals surface area contributed by atoms with Crippen LogP contribution in [0.25, 0.3) is 0 Å². The average Bonchev–Trinajstić information content (AvgIpc) is 2.59. The van der Waals surface area contributed by atoms with Gasteiger partial charge in [0.2, 0.25) is 10.0 Å². The quantitative estimate of drug-likeness (QED) is 0.682. The molecule has 6 nitrogen and oxygen atoms in total. The fourth-order valence-electron chi connectivity index (χ4n) is 2.30. The number of benzene rings is 2. The minimum absolute atomic E-state index is 0.114. The summed E-state index contributed by atoms with van der Waals surface area (Å²) < 4.78 is 37.9. The number of ether oxygens (including phenoxy) is 2. The minimum atomic E-state index is -3.96. The molecule has 2 N–H and O–H groups in total. The zero-order valence-corrected chi connectivity index (χ0v) is 16.6. The van der Waals surface area contributed by atoms with Crippen LogP contribution >= 0.6 is 23.2 Å². The fourth-order valence-corrected chi connectivity index (χ4v) is 4.08. The summed E-state index contributed by atoms with van der Waals surface area (Å²) in [5, 5.41) is 9.87. The predicted molar refractivity (Wildman–Crippen MR) is 101 cm³/mol. The van der Waals surface area contributed by atoms with E-state index in [0.29, 0.717) is 24.5 Å². The van der Waals surface area contributed by atoms with Crippen molar-refractivity contribution in [1.82, 2.24) is 4.72 Å². The smallest absolute Gasteiger partial charge is 0.244 e. The average molecular weight is 420 g/mol.